The van der Waals surface area contributed by atoms with Crippen molar-refractivity contribution < 1.29 is 24.5 Å². The molecule has 1 unspecified atom stereocenters. The van der Waals surface area contributed by atoms with Crippen LogP contribution in [0.25, 0.3) is 10.9 Å². The summed E-state index contributed by atoms with van der Waals surface area (Å²) in [7, 11) is 1.41. The molecule has 1 heterocycles. The van der Waals surface area contributed by atoms with Crippen LogP contribution in [0.4, 0.5) is 0 Å². The first-order valence-corrected chi connectivity index (χ1v) is 9.84. The number of aromatic nitrogens is 1. The summed E-state index contributed by atoms with van der Waals surface area (Å²) >= 11 is 0. The summed E-state index contributed by atoms with van der Waals surface area (Å²) in [6.45, 7) is 3.93. The first-order valence-electron chi connectivity index (χ1n) is 9.84. The molecular formula is C25H27NO5. The van der Waals surface area contributed by atoms with Crippen molar-refractivity contribution in [2.24, 2.45) is 5.92 Å². The number of carbonyl (C=O) groups excluding carboxylic acids is 2. The summed E-state index contributed by atoms with van der Waals surface area (Å²) in [4.78, 5) is 27.5. The number of nitrogens with one attached hydrogen (secondary N) is 1. The lowest BCUT2D eigenvalue weighted by molar-refractivity contribution is -0.144. The van der Waals surface area contributed by atoms with Gasteiger partial charge < -0.3 is 19.9 Å². The van der Waals surface area contributed by atoms with Crippen molar-refractivity contribution in [1.29, 1.82) is 0 Å². The molecule has 2 aromatic carbocycles. The van der Waals surface area contributed by atoms with Crippen LogP contribution in [0, 0.1) is 18.3 Å². The quantitative estimate of drug-likeness (QED) is 0.465. The van der Waals surface area contributed by atoms with Gasteiger partial charge in [0.1, 0.15) is 0 Å². The van der Waals surface area contributed by atoms with E-state index in [9.17, 15) is 9.59 Å². The summed E-state index contributed by atoms with van der Waals surface area (Å²) < 4.78 is 9.89. The number of hydrogen-bond donors (Lipinski definition) is 1. The molecule has 0 aliphatic carbocycles. The van der Waals surface area contributed by atoms with E-state index in [0.29, 0.717) is 12.0 Å². The van der Waals surface area contributed by atoms with E-state index in [1.165, 1.54) is 7.11 Å². The molecule has 31 heavy (non-hydrogen) atoms. The minimum Gasteiger partial charge on any atom is -0.469 e. The molecule has 0 aliphatic heterocycles. The van der Waals surface area contributed by atoms with Gasteiger partial charge in [-0.25, -0.2) is 4.79 Å². The number of H-pyrrole nitrogens is 1. The van der Waals surface area contributed by atoms with E-state index in [-0.39, 0.29) is 29.9 Å². The number of hydrogen-bond acceptors (Lipinski definition) is 4. The Morgan fingerprint density at radius 2 is 1.77 bits per heavy atom. The number of terminal acetylenes is 1. The molecule has 0 aliphatic rings. The number of fused-ring (bicyclic) bond motifs is 1. The number of benzene rings is 2. The summed E-state index contributed by atoms with van der Waals surface area (Å²) in [5.74, 6) is 1.40. The van der Waals surface area contributed by atoms with Gasteiger partial charge in [0.25, 0.3) is 0 Å². The third-order valence-electron chi connectivity index (χ3n) is 5.33. The van der Waals surface area contributed by atoms with E-state index in [4.69, 9.17) is 15.9 Å². The van der Waals surface area contributed by atoms with Crippen LogP contribution in [-0.2, 0) is 20.7 Å². The van der Waals surface area contributed by atoms with E-state index >= 15 is 0 Å². The number of carbonyl (C=O) groups is 2. The fourth-order valence-corrected chi connectivity index (χ4v) is 3.67. The predicted octanol–water partition coefficient (Wildman–Crippen LogP) is 3.64. The number of ether oxygens (including phenoxy) is 2. The maximum Gasteiger partial charge on any atom is 0.339 e. The van der Waals surface area contributed by atoms with Crippen molar-refractivity contribution in [1.82, 2.24) is 4.98 Å². The monoisotopic (exact) mass is 421 g/mol. The van der Waals surface area contributed by atoms with Crippen LogP contribution in [0.3, 0.4) is 0 Å². The van der Waals surface area contributed by atoms with Crippen molar-refractivity contribution in [3.05, 3.63) is 70.9 Å². The topological polar surface area (TPSA) is 99.9 Å². The average molecular weight is 421 g/mol. The molecule has 3 aromatic rings. The van der Waals surface area contributed by atoms with Gasteiger partial charge in [0, 0.05) is 22.5 Å². The Morgan fingerprint density at radius 1 is 1.10 bits per heavy atom. The fourth-order valence-electron chi connectivity index (χ4n) is 3.67. The van der Waals surface area contributed by atoms with Gasteiger partial charge >= 0.3 is 11.9 Å². The zero-order chi connectivity index (χ0) is 21.7. The Balaban J connectivity index is 0.00000341. The molecule has 0 radical (unpaired) electrons. The van der Waals surface area contributed by atoms with Crippen molar-refractivity contribution in [2.45, 2.75) is 26.2 Å². The highest BCUT2D eigenvalue weighted by Gasteiger charge is 2.23. The van der Waals surface area contributed by atoms with Crippen LogP contribution in [0.2, 0.25) is 0 Å². The normalized spacial score (nSPS) is 12.3. The maximum atomic E-state index is 12.0. The lowest BCUT2D eigenvalue weighted by atomic mass is 9.90. The van der Waals surface area contributed by atoms with Crippen LogP contribution < -0.4 is 0 Å². The van der Waals surface area contributed by atoms with E-state index in [0.717, 1.165) is 27.7 Å². The molecule has 3 rings (SSSR count). The third-order valence-corrected chi connectivity index (χ3v) is 5.33. The summed E-state index contributed by atoms with van der Waals surface area (Å²) in [5, 5.41) is 1.10. The first kappa shape index (κ1) is 23.7. The van der Waals surface area contributed by atoms with Gasteiger partial charge in [-0.1, -0.05) is 50.1 Å². The van der Waals surface area contributed by atoms with E-state index < -0.39 is 5.97 Å². The minimum atomic E-state index is -0.439. The predicted molar refractivity (Wildman–Crippen MR) is 120 cm³/mol. The van der Waals surface area contributed by atoms with Crippen LogP contribution in [0.5, 0.6) is 0 Å². The average Bonchev–Trinajstić information content (AvgIpc) is 3.14. The van der Waals surface area contributed by atoms with Gasteiger partial charge in [-0.15, -0.1) is 6.42 Å². The lowest BCUT2D eigenvalue weighted by Gasteiger charge is -2.16. The number of esters is 2. The molecule has 6 heteroatoms. The van der Waals surface area contributed by atoms with Crippen molar-refractivity contribution in [3.63, 3.8) is 0 Å². The van der Waals surface area contributed by atoms with Crippen LogP contribution >= 0.6 is 0 Å². The second kappa shape index (κ2) is 10.5. The first-order chi connectivity index (χ1) is 14.5. The Hall–Kier alpha value is -3.56. The van der Waals surface area contributed by atoms with Gasteiger partial charge in [0.15, 0.2) is 6.61 Å². The molecule has 2 atom stereocenters. The van der Waals surface area contributed by atoms with E-state index in [1.54, 1.807) is 12.1 Å². The molecule has 6 nitrogen and oxygen atoms in total. The van der Waals surface area contributed by atoms with Crippen molar-refractivity contribution >= 4 is 22.8 Å². The maximum absolute atomic E-state index is 12.0. The molecule has 0 bridgehead atoms. The molecule has 0 saturated heterocycles. The van der Waals surface area contributed by atoms with Gasteiger partial charge in [0.05, 0.1) is 18.6 Å². The molecular weight excluding hydrogens is 394 g/mol. The lowest BCUT2D eigenvalue weighted by Crippen LogP contribution is -2.16. The smallest absolute Gasteiger partial charge is 0.339 e. The molecule has 0 fully saturated rings. The summed E-state index contributed by atoms with van der Waals surface area (Å²) in [6.07, 6.45) is 5.71. The van der Waals surface area contributed by atoms with Crippen LogP contribution in [0.1, 0.15) is 46.9 Å². The largest absolute Gasteiger partial charge is 0.469 e. The molecule has 0 saturated carbocycles. The Morgan fingerprint density at radius 3 is 2.42 bits per heavy atom. The zero-order valence-electron chi connectivity index (χ0n) is 17.9. The number of para-hydroxylation sites is 1. The minimum absolute atomic E-state index is 0. The number of methoxy groups -OCH3 is 1. The van der Waals surface area contributed by atoms with Gasteiger partial charge in [-0.05, 0) is 35.7 Å². The Bertz CT molecular complexity index is 1090. The number of aromatic amines is 1. The highest BCUT2D eigenvalue weighted by molar-refractivity contribution is 5.89. The fraction of sp³-hybridized carbons (Fsp3) is 0.280. The molecule has 3 N–H and O–H groups in total. The van der Waals surface area contributed by atoms with E-state index in [2.05, 4.69) is 23.9 Å². The molecule has 0 spiro atoms. The summed E-state index contributed by atoms with van der Waals surface area (Å²) in [6, 6.07) is 15.4. The SMILES string of the molecule is C#CCOC(=O)c1ccc(C(C)c2[nH]c3ccccc3c2C[C@H](C)C(=O)OC)cc1.O. The second-order valence-electron chi connectivity index (χ2n) is 7.32. The van der Waals surface area contributed by atoms with Gasteiger partial charge in [-0.2, -0.15) is 0 Å². The van der Waals surface area contributed by atoms with Gasteiger partial charge in [0.2, 0.25) is 0 Å². The summed E-state index contributed by atoms with van der Waals surface area (Å²) in [5.41, 5.74) is 4.68. The number of rotatable bonds is 7. The standard InChI is InChI=1S/C25H25NO4.H2O/c1-5-14-30-25(28)19-12-10-18(11-13-19)17(3)23-21(15-16(2)24(27)29-4)20-8-6-7-9-22(20)26-23;/h1,6-13,16-17,26H,14-15H2,2-4H3;1H2/t16-,17?;/m0./s1. The van der Waals surface area contributed by atoms with Crippen molar-refractivity contribution in [3.8, 4) is 12.3 Å². The van der Waals surface area contributed by atoms with Crippen LogP contribution in [0.15, 0.2) is 48.5 Å². The molecule has 162 valence electrons. The zero-order valence-corrected chi connectivity index (χ0v) is 17.9. The van der Waals surface area contributed by atoms with Gasteiger partial charge in [-0.3, -0.25) is 4.79 Å². The van der Waals surface area contributed by atoms with Crippen LogP contribution in [-0.4, -0.2) is 36.1 Å². The highest BCUT2D eigenvalue weighted by Crippen LogP contribution is 2.33. The van der Waals surface area contributed by atoms with Crippen molar-refractivity contribution in [2.75, 3.05) is 13.7 Å². The Kier molecular flexibility index (Phi) is 8.00. The molecule has 0 amide bonds. The molecule has 1 aromatic heterocycles. The Labute approximate surface area is 181 Å². The highest BCUT2D eigenvalue weighted by atomic mass is 16.5. The van der Waals surface area contributed by atoms with E-state index in [1.807, 2.05) is 37.3 Å². The second-order valence-corrected chi connectivity index (χ2v) is 7.32. The third kappa shape index (κ3) is 5.14.